The topological polar surface area (TPSA) is 171 Å². The van der Waals surface area contributed by atoms with Crippen molar-refractivity contribution in [3.8, 4) is 22.6 Å². The molecule has 9 nitrogen and oxygen atoms in total. The first-order valence-corrected chi connectivity index (χ1v) is 10.9. The molecule has 1 saturated carbocycles. The molecule has 6 N–H and O–H groups in total. The number of rotatable bonds is 2. The highest BCUT2D eigenvalue weighted by Crippen LogP contribution is 2.58. The molecule has 1 aromatic heterocycles. The van der Waals surface area contributed by atoms with Gasteiger partial charge in [-0.05, 0) is 54.9 Å². The predicted octanol–water partition coefficient (Wildman–Crippen LogP) is 2.91. The minimum absolute atomic E-state index is 0.0257. The molecule has 3 aliphatic rings. The van der Waals surface area contributed by atoms with Crippen LogP contribution in [0, 0.1) is 23.2 Å². The quantitative estimate of drug-likeness (QED) is 0.333. The maximum Gasteiger partial charge on any atom is 0.255 e. The number of primary amides is 1. The van der Waals surface area contributed by atoms with Gasteiger partial charge in [0.1, 0.15) is 17.1 Å². The van der Waals surface area contributed by atoms with Crippen LogP contribution >= 0.6 is 0 Å². The van der Waals surface area contributed by atoms with E-state index < -0.39 is 69.2 Å². The molecule has 34 heavy (non-hydrogen) atoms. The third-order valence-corrected chi connectivity index (χ3v) is 7.81. The molecular formula is C25H23NO8. The van der Waals surface area contributed by atoms with E-state index in [9.17, 15) is 34.8 Å². The van der Waals surface area contributed by atoms with Crippen molar-refractivity contribution in [2.24, 2.45) is 28.9 Å². The van der Waals surface area contributed by atoms with E-state index in [1.54, 1.807) is 13.0 Å². The van der Waals surface area contributed by atoms with Crippen molar-refractivity contribution in [3.05, 3.63) is 52.7 Å². The third-order valence-electron chi connectivity index (χ3n) is 7.81. The van der Waals surface area contributed by atoms with Crippen LogP contribution in [0.2, 0.25) is 0 Å². The number of carbonyl (C=O) groups is 3. The Bertz CT molecular complexity index is 1350. The fourth-order valence-electron chi connectivity index (χ4n) is 6.01. The fourth-order valence-corrected chi connectivity index (χ4v) is 6.01. The Kier molecular flexibility index (Phi) is 4.49. The number of aromatic hydroxyl groups is 2. The molecule has 0 radical (unpaired) electrons. The van der Waals surface area contributed by atoms with Crippen LogP contribution in [0.15, 0.2) is 46.0 Å². The Hall–Kier alpha value is -4.01. The monoisotopic (exact) mass is 465 g/mol. The van der Waals surface area contributed by atoms with Gasteiger partial charge in [-0.3, -0.25) is 14.4 Å². The van der Waals surface area contributed by atoms with Gasteiger partial charge in [0.15, 0.2) is 23.1 Å². The van der Waals surface area contributed by atoms with Gasteiger partial charge in [0.2, 0.25) is 0 Å². The molecule has 1 heterocycles. The van der Waals surface area contributed by atoms with Crippen molar-refractivity contribution in [1.82, 2.24) is 0 Å². The number of allylic oxidation sites excluding steroid dienone is 2. The van der Waals surface area contributed by atoms with Crippen LogP contribution in [0.1, 0.15) is 31.4 Å². The normalized spacial score (nSPS) is 28.5. The second-order valence-electron chi connectivity index (χ2n) is 9.44. The lowest BCUT2D eigenvalue weighted by atomic mass is 9.52. The zero-order chi connectivity index (χ0) is 24.7. The number of hydrogen-bond donors (Lipinski definition) is 5. The molecule has 2 aromatic rings. The standard InChI is InChI=1S/C25H23NO8/c1-9-14-6-11-5-13-12(10-3-4-34-8-10)7-15(27)20(29)17(13)21(30)16(11)22(31)25(14,2)23(32)18(19(9)28)24(26)33/h3-4,7-9,11,14,27,29-30,32H,5-6H2,1-2H3,(H2,26,33)/t9-,11-,14-,25+/m1/s1. The zero-order valence-corrected chi connectivity index (χ0v) is 18.5. The molecule has 176 valence electrons. The Morgan fingerprint density at radius 2 is 1.91 bits per heavy atom. The van der Waals surface area contributed by atoms with Crippen LogP contribution in [-0.2, 0) is 20.8 Å². The summed E-state index contributed by atoms with van der Waals surface area (Å²) in [6.07, 6.45) is 3.40. The van der Waals surface area contributed by atoms with E-state index in [2.05, 4.69) is 0 Å². The zero-order valence-electron chi connectivity index (χ0n) is 18.5. The van der Waals surface area contributed by atoms with Crippen LogP contribution in [-0.4, -0.2) is 37.9 Å². The van der Waals surface area contributed by atoms with Crippen molar-refractivity contribution in [2.45, 2.75) is 26.7 Å². The van der Waals surface area contributed by atoms with Crippen LogP contribution in [0.5, 0.6) is 11.5 Å². The van der Waals surface area contributed by atoms with Gasteiger partial charge in [-0.25, -0.2) is 0 Å². The van der Waals surface area contributed by atoms with Crippen molar-refractivity contribution in [2.75, 3.05) is 0 Å². The number of amides is 1. The van der Waals surface area contributed by atoms with Crippen LogP contribution in [0.4, 0.5) is 0 Å². The summed E-state index contributed by atoms with van der Waals surface area (Å²) in [6, 6.07) is 3.04. The summed E-state index contributed by atoms with van der Waals surface area (Å²) in [4.78, 5) is 38.6. The van der Waals surface area contributed by atoms with E-state index in [4.69, 9.17) is 10.2 Å². The van der Waals surface area contributed by atoms with E-state index in [-0.39, 0.29) is 24.0 Å². The molecule has 0 saturated heterocycles. The van der Waals surface area contributed by atoms with Crippen LogP contribution in [0.3, 0.4) is 0 Å². The van der Waals surface area contributed by atoms with Gasteiger partial charge in [0, 0.05) is 17.1 Å². The molecule has 1 aromatic carbocycles. The Balaban J connectivity index is 1.76. The van der Waals surface area contributed by atoms with E-state index >= 15 is 0 Å². The van der Waals surface area contributed by atoms with Crippen molar-refractivity contribution in [1.29, 1.82) is 0 Å². The molecule has 1 amide bonds. The van der Waals surface area contributed by atoms with E-state index in [1.807, 2.05) is 0 Å². The smallest absolute Gasteiger partial charge is 0.255 e. The minimum atomic E-state index is -1.66. The summed E-state index contributed by atoms with van der Waals surface area (Å²) >= 11 is 0. The summed E-state index contributed by atoms with van der Waals surface area (Å²) < 4.78 is 5.15. The van der Waals surface area contributed by atoms with Crippen LogP contribution < -0.4 is 5.73 Å². The molecule has 1 fully saturated rings. The van der Waals surface area contributed by atoms with Gasteiger partial charge in [0.25, 0.3) is 5.91 Å². The van der Waals surface area contributed by atoms with Gasteiger partial charge >= 0.3 is 0 Å². The van der Waals surface area contributed by atoms with Crippen molar-refractivity contribution >= 4 is 23.2 Å². The number of aliphatic hydroxyl groups excluding tert-OH is 2. The highest BCUT2D eigenvalue weighted by Gasteiger charge is 2.60. The second-order valence-corrected chi connectivity index (χ2v) is 9.44. The maximum absolute atomic E-state index is 13.8. The summed E-state index contributed by atoms with van der Waals surface area (Å²) in [5.74, 6) is -6.57. The number of phenols is 2. The molecule has 0 spiro atoms. The largest absolute Gasteiger partial charge is 0.510 e. The average Bonchev–Trinajstić information content (AvgIpc) is 3.31. The number of phenolic OH excluding ortho intramolecular Hbond substituents is 2. The van der Waals surface area contributed by atoms with Gasteiger partial charge in [-0.2, -0.15) is 0 Å². The number of nitrogens with two attached hydrogens (primary N) is 1. The third kappa shape index (κ3) is 2.57. The summed E-state index contributed by atoms with van der Waals surface area (Å²) in [5, 5.41) is 43.1. The Labute approximate surface area is 193 Å². The summed E-state index contributed by atoms with van der Waals surface area (Å²) in [5.41, 5.74) is 4.64. The van der Waals surface area contributed by atoms with Gasteiger partial charge in [-0.15, -0.1) is 0 Å². The molecule has 0 unspecified atom stereocenters. The van der Waals surface area contributed by atoms with Gasteiger partial charge in [0.05, 0.1) is 23.5 Å². The molecular weight excluding hydrogens is 442 g/mol. The summed E-state index contributed by atoms with van der Waals surface area (Å²) in [6.45, 7) is 3.03. The molecule has 0 bridgehead atoms. The molecule has 4 atom stereocenters. The molecule has 3 aliphatic carbocycles. The first-order valence-electron chi connectivity index (χ1n) is 10.9. The van der Waals surface area contributed by atoms with Crippen LogP contribution in [0.25, 0.3) is 16.9 Å². The second kappa shape index (κ2) is 6.99. The molecule has 0 aliphatic heterocycles. The lowest BCUT2D eigenvalue weighted by Crippen LogP contribution is -2.54. The lowest BCUT2D eigenvalue weighted by Gasteiger charge is -2.49. The fraction of sp³-hybridized carbons (Fsp3) is 0.320. The number of fused-ring (bicyclic) bond motifs is 3. The van der Waals surface area contributed by atoms with E-state index in [0.29, 0.717) is 16.7 Å². The lowest BCUT2D eigenvalue weighted by molar-refractivity contribution is -0.138. The number of carbonyl (C=O) groups excluding carboxylic acids is 3. The average molecular weight is 465 g/mol. The number of furan rings is 1. The highest BCUT2D eigenvalue weighted by molar-refractivity contribution is 6.22. The first kappa shape index (κ1) is 21.8. The number of ketones is 2. The highest BCUT2D eigenvalue weighted by atomic mass is 16.3. The number of benzene rings is 1. The van der Waals surface area contributed by atoms with Gasteiger partial charge in [-0.1, -0.05) is 6.92 Å². The molecule has 9 heteroatoms. The number of aliphatic hydroxyl groups is 2. The Morgan fingerprint density at radius 1 is 1.21 bits per heavy atom. The van der Waals surface area contributed by atoms with Gasteiger partial charge < -0.3 is 30.6 Å². The first-order chi connectivity index (χ1) is 16.0. The minimum Gasteiger partial charge on any atom is -0.510 e. The van der Waals surface area contributed by atoms with Crippen molar-refractivity contribution < 1.29 is 39.2 Å². The van der Waals surface area contributed by atoms with E-state index in [0.717, 1.165) is 0 Å². The predicted molar refractivity (Wildman–Crippen MR) is 118 cm³/mol. The maximum atomic E-state index is 13.8. The number of Topliss-reactive ketones (excluding diaryl/α,β-unsaturated/α-hetero) is 2. The SMILES string of the molecule is C[C@H]1C(=O)C(C(N)=O)=C(O)[C@]2(C)C(=O)C3=C(O)c4c(O)c(O)cc(-c5ccoc5)c4C[C@@H]3C[C@H]12. The number of hydrogen-bond acceptors (Lipinski definition) is 8. The van der Waals surface area contributed by atoms with E-state index in [1.165, 1.54) is 25.5 Å². The Morgan fingerprint density at radius 3 is 2.53 bits per heavy atom. The van der Waals surface area contributed by atoms with Crippen molar-refractivity contribution in [3.63, 3.8) is 0 Å². The molecule has 5 rings (SSSR count). The summed E-state index contributed by atoms with van der Waals surface area (Å²) in [7, 11) is 0.